The van der Waals surface area contributed by atoms with Gasteiger partial charge in [-0.1, -0.05) is 39.3 Å². The van der Waals surface area contributed by atoms with Gasteiger partial charge in [0.05, 0.1) is 20.3 Å². The highest BCUT2D eigenvalue weighted by atomic mass is 19.1. The molecule has 1 heterocycles. The lowest BCUT2D eigenvalue weighted by molar-refractivity contribution is 0.116. The van der Waals surface area contributed by atoms with Crippen molar-refractivity contribution in [2.75, 3.05) is 46.9 Å². The summed E-state index contributed by atoms with van der Waals surface area (Å²) in [6.45, 7) is 9.23. The molecule has 1 aliphatic rings. The number of carbonyl (C=O) groups excluding carboxylic acids is 2. The molecule has 0 radical (unpaired) electrons. The largest absolute Gasteiger partial charge is 0.453 e. The van der Waals surface area contributed by atoms with Gasteiger partial charge in [-0.2, -0.15) is 0 Å². The molecule has 0 aromatic heterocycles. The third-order valence-electron chi connectivity index (χ3n) is 6.75. The van der Waals surface area contributed by atoms with Crippen LogP contribution in [0.1, 0.15) is 63.5 Å². The van der Waals surface area contributed by atoms with Crippen LogP contribution >= 0.6 is 0 Å². The van der Waals surface area contributed by atoms with Crippen LogP contribution in [0, 0.1) is 11.2 Å². The number of alkyl carbamates (subject to hydrolysis) is 1. The van der Waals surface area contributed by atoms with Gasteiger partial charge in [0, 0.05) is 38.1 Å². The third-order valence-corrected chi connectivity index (χ3v) is 6.75. The number of ether oxygens (including phenoxy) is 2. The lowest BCUT2D eigenvalue weighted by Gasteiger charge is -2.36. The number of nitrogens with one attached hydrogen (secondary N) is 3. The van der Waals surface area contributed by atoms with E-state index in [2.05, 4.69) is 41.5 Å². The lowest BCUT2D eigenvalue weighted by atomic mass is 9.83. The number of carbonyl (C=O) groups is 2. The standard InChI is InChI=1S/C26H43FN4O4/c1-6-26(2,3)15-21(16-28-4)30-24(32)31-13-8-10-19(17-31)23-20(9-7-11-22(23)27)18-35-14-12-29-25(33)34-5/h7,9,11,19,21,28H,6,8,10,12-18H2,1-5H3,(H,29,33)(H,30,32)/t19-,21-/m0/s1. The maximum Gasteiger partial charge on any atom is 0.406 e. The zero-order valence-corrected chi connectivity index (χ0v) is 21.9. The second kappa shape index (κ2) is 14.2. The molecule has 0 spiro atoms. The van der Waals surface area contributed by atoms with Gasteiger partial charge in [-0.05, 0) is 48.9 Å². The molecule has 1 fully saturated rings. The molecule has 0 bridgehead atoms. The summed E-state index contributed by atoms with van der Waals surface area (Å²) in [5, 5.41) is 8.94. The van der Waals surface area contributed by atoms with Crippen molar-refractivity contribution in [1.29, 1.82) is 0 Å². The summed E-state index contributed by atoms with van der Waals surface area (Å²) in [7, 11) is 3.19. The third kappa shape index (κ3) is 9.29. The van der Waals surface area contributed by atoms with Crippen molar-refractivity contribution >= 4 is 12.1 Å². The van der Waals surface area contributed by atoms with Gasteiger partial charge in [-0.25, -0.2) is 14.0 Å². The minimum atomic E-state index is -0.518. The number of rotatable bonds is 12. The Morgan fingerprint density at radius 2 is 2.09 bits per heavy atom. The molecule has 1 aliphatic heterocycles. The molecule has 0 unspecified atom stereocenters. The van der Waals surface area contributed by atoms with E-state index < -0.39 is 6.09 Å². The molecule has 2 atom stereocenters. The van der Waals surface area contributed by atoms with Crippen molar-refractivity contribution in [2.45, 2.75) is 65.0 Å². The van der Waals surface area contributed by atoms with Gasteiger partial charge in [-0.15, -0.1) is 0 Å². The quantitative estimate of drug-likeness (QED) is 0.382. The number of likely N-dealkylation sites (tertiary alicyclic amines) is 1. The number of benzene rings is 1. The van der Waals surface area contributed by atoms with Gasteiger partial charge < -0.3 is 30.3 Å². The molecular formula is C26H43FN4O4. The number of piperidine rings is 1. The van der Waals surface area contributed by atoms with Crippen molar-refractivity contribution in [1.82, 2.24) is 20.9 Å². The maximum atomic E-state index is 15.0. The van der Waals surface area contributed by atoms with E-state index in [4.69, 9.17) is 4.74 Å². The lowest BCUT2D eigenvalue weighted by Crippen LogP contribution is -2.51. The van der Waals surface area contributed by atoms with Gasteiger partial charge >= 0.3 is 12.1 Å². The first-order chi connectivity index (χ1) is 16.7. The normalized spacial score (nSPS) is 17.1. The summed E-state index contributed by atoms with van der Waals surface area (Å²) in [4.78, 5) is 26.1. The first-order valence-corrected chi connectivity index (χ1v) is 12.6. The number of amides is 3. The minimum absolute atomic E-state index is 0.0267. The molecule has 3 N–H and O–H groups in total. The zero-order chi connectivity index (χ0) is 25.8. The zero-order valence-electron chi connectivity index (χ0n) is 21.9. The summed E-state index contributed by atoms with van der Waals surface area (Å²) in [6, 6.07) is 4.94. The molecule has 0 aliphatic carbocycles. The van der Waals surface area contributed by atoms with Gasteiger partial charge in [0.15, 0.2) is 0 Å². The molecule has 2 rings (SSSR count). The average Bonchev–Trinajstić information content (AvgIpc) is 2.83. The van der Waals surface area contributed by atoms with Gasteiger partial charge in [0.25, 0.3) is 0 Å². The molecule has 3 amide bonds. The first-order valence-electron chi connectivity index (χ1n) is 12.6. The number of methoxy groups -OCH3 is 1. The van der Waals surface area contributed by atoms with Crippen LogP contribution in [0.25, 0.3) is 0 Å². The van der Waals surface area contributed by atoms with Crippen molar-refractivity contribution in [3.8, 4) is 0 Å². The van der Waals surface area contributed by atoms with Gasteiger partial charge in [0.2, 0.25) is 0 Å². The average molecular weight is 495 g/mol. The van der Waals surface area contributed by atoms with Gasteiger partial charge in [0.1, 0.15) is 5.82 Å². The smallest absolute Gasteiger partial charge is 0.406 e. The van der Waals surface area contributed by atoms with Crippen LogP contribution in [0.2, 0.25) is 0 Å². The second-order valence-corrected chi connectivity index (χ2v) is 9.99. The molecule has 198 valence electrons. The molecule has 1 aromatic carbocycles. The van der Waals surface area contributed by atoms with E-state index in [1.165, 1.54) is 13.2 Å². The summed E-state index contributed by atoms with van der Waals surface area (Å²) in [6.07, 6.45) is 3.02. The Bertz CT molecular complexity index is 821. The van der Waals surface area contributed by atoms with E-state index in [9.17, 15) is 14.0 Å². The Kier molecular flexibility index (Phi) is 11.7. The Morgan fingerprint density at radius 3 is 2.77 bits per heavy atom. The number of hydrogen-bond donors (Lipinski definition) is 3. The summed E-state index contributed by atoms with van der Waals surface area (Å²) in [5.41, 5.74) is 1.52. The number of likely N-dealkylation sites (N-methyl/N-ethyl adjacent to an activating group) is 1. The fraction of sp³-hybridized carbons (Fsp3) is 0.692. The summed E-state index contributed by atoms with van der Waals surface area (Å²) in [5.74, 6) is -0.374. The van der Waals surface area contributed by atoms with Crippen LogP contribution in [0.4, 0.5) is 14.0 Å². The molecule has 1 saturated heterocycles. The molecule has 0 saturated carbocycles. The van der Waals surface area contributed by atoms with Crippen molar-refractivity contribution in [3.05, 3.63) is 35.1 Å². The predicted molar refractivity (Wildman–Crippen MR) is 135 cm³/mol. The molecule has 1 aromatic rings. The SMILES string of the molecule is CCC(C)(C)C[C@@H](CNC)NC(=O)N1CCC[C@H](c2c(F)cccc2COCCNC(=O)OC)C1. The van der Waals surface area contributed by atoms with E-state index in [-0.39, 0.29) is 42.4 Å². The Morgan fingerprint density at radius 1 is 1.31 bits per heavy atom. The molecule has 9 heteroatoms. The second-order valence-electron chi connectivity index (χ2n) is 9.99. The van der Waals surface area contributed by atoms with Crippen LogP contribution in [-0.2, 0) is 16.1 Å². The fourth-order valence-corrected chi connectivity index (χ4v) is 4.54. The van der Waals surface area contributed by atoms with Crippen LogP contribution in [0.5, 0.6) is 0 Å². The number of nitrogens with zero attached hydrogens (tertiary/aromatic N) is 1. The molecule has 8 nitrogen and oxygen atoms in total. The minimum Gasteiger partial charge on any atom is -0.453 e. The van der Waals surface area contributed by atoms with E-state index in [1.807, 2.05) is 18.0 Å². The summed E-state index contributed by atoms with van der Waals surface area (Å²) < 4.78 is 25.2. The van der Waals surface area contributed by atoms with Crippen molar-refractivity contribution < 1.29 is 23.5 Å². The van der Waals surface area contributed by atoms with Crippen molar-refractivity contribution in [2.24, 2.45) is 5.41 Å². The predicted octanol–water partition coefficient (Wildman–Crippen LogP) is 4.00. The molecule has 35 heavy (non-hydrogen) atoms. The topological polar surface area (TPSA) is 91.9 Å². The van der Waals surface area contributed by atoms with E-state index in [1.54, 1.807) is 6.07 Å². The van der Waals surface area contributed by atoms with Crippen LogP contribution < -0.4 is 16.0 Å². The van der Waals surface area contributed by atoms with Crippen LogP contribution in [-0.4, -0.2) is 70.0 Å². The monoisotopic (exact) mass is 494 g/mol. The number of urea groups is 1. The van der Waals surface area contributed by atoms with Crippen LogP contribution in [0.3, 0.4) is 0 Å². The Labute approximate surface area is 209 Å². The van der Waals surface area contributed by atoms with E-state index in [0.717, 1.165) is 31.2 Å². The number of hydrogen-bond acceptors (Lipinski definition) is 5. The first kappa shape index (κ1) is 28.8. The molecular weight excluding hydrogens is 451 g/mol. The highest BCUT2D eigenvalue weighted by Crippen LogP contribution is 2.32. The van der Waals surface area contributed by atoms with Gasteiger partial charge in [-0.3, -0.25) is 0 Å². The Balaban J connectivity index is 2.02. The summed E-state index contributed by atoms with van der Waals surface area (Å²) >= 11 is 0. The fourth-order valence-electron chi connectivity index (χ4n) is 4.54. The van der Waals surface area contributed by atoms with E-state index in [0.29, 0.717) is 31.7 Å². The van der Waals surface area contributed by atoms with E-state index >= 15 is 0 Å². The van der Waals surface area contributed by atoms with Crippen LogP contribution in [0.15, 0.2) is 18.2 Å². The van der Waals surface area contributed by atoms with Crippen molar-refractivity contribution in [3.63, 3.8) is 0 Å². The maximum absolute atomic E-state index is 15.0. The highest BCUT2D eigenvalue weighted by Gasteiger charge is 2.30. The highest BCUT2D eigenvalue weighted by molar-refractivity contribution is 5.74. The number of halogens is 1. The Hall–Kier alpha value is -2.39.